The molecule has 0 atom stereocenters. The minimum absolute atomic E-state index is 0.0669. The molecule has 0 aliphatic carbocycles. The van der Waals surface area contributed by atoms with E-state index in [4.69, 9.17) is 11.6 Å². The Kier molecular flexibility index (Phi) is 3.29. The molecule has 2 aromatic rings. The summed E-state index contributed by atoms with van der Waals surface area (Å²) >= 11 is 5.58. The largest absolute Gasteiger partial charge is 0.344 e. The zero-order chi connectivity index (χ0) is 12.3. The molecule has 17 heavy (non-hydrogen) atoms. The van der Waals surface area contributed by atoms with Gasteiger partial charge in [0, 0.05) is 5.02 Å². The quantitative estimate of drug-likeness (QED) is 0.854. The van der Waals surface area contributed by atoms with E-state index in [2.05, 4.69) is 25.9 Å². The van der Waals surface area contributed by atoms with Crippen LogP contribution in [0.2, 0.25) is 5.02 Å². The van der Waals surface area contributed by atoms with E-state index in [0.29, 0.717) is 5.82 Å². The van der Waals surface area contributed by atoms with Crippen LogP contribution in [-0.2, 0) is 6.54 Å². The van der Waals surface area contributed by atoms with Gasteiger partial charge in [-0.25, -0.2) is 4.39 Å². The molecule has 1 aromatic carbocycles. The average molecular weight is 256 g/mol. The molecule has 1 heterocycles. The van der Waals surface area contributed by atoms with Crippen molar-refractivity contribution in [1.29, 1.82) is 0 Å². The van der Waals surface area contributed by atoms with Crippen LogP contribution in [-0.4, -0.2) is 26.5 Å². The van der Waals surface area contributed by atoms with Gasteiger partial charge in [-0.3, -0.25) is 4.79 Å². The summed E-state index contributed by atoms with van der Waals surface area (Å²) in [6.45, 7) is 0.0669. The van der Waals surface area contributed by atoms with Crippen LogP contribution < -0.4 is 5.32 Å². The van der Waals surface area contributed by atoms with Crippen LogP contribution in [0, 0.1) is 5.82 Å². The number of hydrogen-bond acceptors (Lipinski definition) is 4. The lowest BCUT2D eigenvalue weighted by Crippen LogP contribution is -2.24. The second-order valence-corrected chi connectivity index (χ2v) is 3.57. The normalized spacial score (nSPS) is 10.2. The van der Waals surface area contributed by atoms with Crippen LogP contribution in [0.5, 0.6) is 0 Å². The lowest BCUT2D eigenvalue weighted by Gasteiger charge is -2.03. The maximum absolute atomic E-state index is 13.4. The fraction of sp³-hybridized carbons (Fsp3) is 0.111. The van der Waals surface area contributed by atoms with Crippen LogP contribution in [0.15, 0.2) is 18.2 Å². The number of nitrogens with zero attached hydrogens (tertiary/aromatic N) is 3. The van der Waals surface area contributed by atoms with Gasteiger partial charge in [-0.15, -0.1) is 10.2 Å². The van der Waals surface area contributed by atoms with Crippen LogP contribution in [0.3, 0.4) is 0 Å². The predicted octanol–water partition coefficient (Wildman–Crippen LogP) is 0.922. The van der Waals surface area contributed by atoms with Crippen molar-refractivity contribution in [2.24, 2.45) is 0 Å². The summed E-state index contributed by atoms with van der Waals surface area (Å²) in [5, 5.41) is 15.5. The molecular formula is C9H7ClFN5O. The Morgan fingerprint density at radius 2 is 2.35 bits per heavy atom. The van der Waals surface area contributed by atoms with E-state index in [1.165, 1.54) is 12.1 Å². The molecule has 1 aromatic heterocycles. The number of carbonyl (C=O) groups excluding carboxylic acids is 1. The highest BCUT2D eigenvalue weighted by molar-refractivity contribution is 6.30. The van der Waals surface area contributed by atoms with Gasteiger partial charge in [-0.2, -0.15) is 5.21 Å². The Hall–Kier alpha value is -2.02. The molecule has 0 saturated carbocycles. The first-order valence-electron chi connectivity index (χ1n) is 4.62. The van der Waals surface area contributed by atoms with Gasteiger partial charge in [-0.05, 0) is 18.2 Å². The number of nitrogens with one attached hydrogen (secondary N) is 2. The van der Waals surface area contributed by atoms with Crippen molar-refractivity contribution in [3.63, 3.8) is 0 Å². The van der Waals surface area contributed by atoms with Crippen molar-refractivity contribution in [2.45, 2.75) is 6.54 Å². The topological polar surface area (TPSA) is 83.6 Å². The minimum Gasteiger partial charge on any atom is -0.344 e. The first-order chi connectivity index (χ1) is 8.16. The maximum Gasteiger partial charge on any atom is 0.254 e. The third-order valence-electron chi connectivity index (χ3n) is 1.97. The minimum atomic E-state index is -0.678. The van der Waals surface area contributed by atoms with Gasteiger partial charge < -0.3 is 5.32 Å². The van der Waals surface area contributed by atoms with Crippen molar-refractivity contribution >= 4 is 17.5 Å². The smallest absolute Gasteiger partial charge is 0.254 e. The third kappa shape index (κ3) is 2.76. The summed E-state index contributed by atoms with van der Waals surface area (Å²) in [7, 11) is 0. The Labute approximate surface area is 100 Å². The number of carbonyl (C=O) groups is 1. The van der Waals surface area contributed by atoms with Crippen molar-refractivity contribution in [3.05, 3.63) is 40.4 Å². The maximum atomic E-state index is 13.4. The van der Waals surface area contributed by atoms with E-state index < -0.39 is 11.7 Å². The molecule has 0 aliphatic heterocycles. The number of aromatic amines is 1. The summed E-state index contributed by atoms with van der Waals surface area (Å²) in [5.41, 5.74) is -0.0853. The molecule has 0 saturated heterocycles. The summed E-state index contributed by atoms with van der Waals surface area (Å²) in [6.07, 6.45) is 0. The predicted molar refractivity (Wildman–Crippen MR) is 56.8 cm³/mol. The lowest BCUT2D eigenvalue weighted by molar-refractivity contribution is 0.0946. The Morgan fingerprint density at radius 1 is 1.53 bits per heavy atom. The molecular weight excluding hydrogens is 249 g/mol. The Balaban J connectivity index is 2.04. The average Bonchev–Trinajstić information content (AvgIpc) is 2.78. The standard InChI is InChI=1S/C9H7ClFN5O/c10-5-1-2-6(7(11)3-5)9(17)12-4-8-13-15-16-14-8/h1-3H,4H2,(H,12,17)(H,13,14,15,16). The number of H-pyrrole nitrogens is 1. The fourth-order valence-corrected chi connectivity index (χ4v) is 1.34. The van der Waals surface area contributed by atoms with Gasteiger partial charge in [0.15, 0.2) is 5.82 Å². The van der Waals surface area contributed by atoms with E-state index in [1.807, 2.05) is 0 Å². The molecule has 0 fully saturated rings. The molecule has 0 bridgehead atoms. The van der Waals surface area contributed by atoms with E-state index in [0.717, 1.165) is 6.07 Å². The van der Waals surface area contributed by atoms with Crippen molar-refractivity contribution < 1.29 is 9.18 Å². The molecule has 2 rings (SSSR count). The molecule has 6 nitrogen and oxygen atoms in total. The number of benzene rings is 1. The van der Waals surface area contributed by atoms with Crippen LogP contribution in [0.1, 0.15) is 16.2 Å². The molecule has 88 valence electrons. The number of rotatable bonds is 3. The monoisotopic (exact) mass is 255 g/mol. The van der Waals surface area contributed by atoms with Gasteiger partial charge >= 0.3 is 0 Å². The van der Waals surface area contributed by atoms with Crippen LogP contribution in [0.25, 0.3) is 0 Å². The second-order valence-electron chi connectivity index (χ2n) is 3.13. The lowest BCUT2D eigenvalue weighted by atomic mass is 10.2. The molecule has 0 spiro atoms. The third-order valence-corrected chi connectivity index (χ3v) is 2.21. The highest BCUT2D eigenvalue weighted by Crippen LogP contribution is 2.14. The van der Waals surface area contributed by atoms with Gasteiger partial charge in [0.2, 0.25) is 0 Å². The van der Waals surface area contributed by atoms with Crippen LogP contribution >= 0.6 is 11.6 Å². The molecule has 0 aliphatic rings. The highest BCUT2D eigenvalue weighted by atomic mass is 35.5. The molecule has 8 heteroatoms. The Morgan fingerprint density at radius 3 is 3.00 bits per heavy atom. The Bertz CT molecular complexity index is 530. The van der Waals surface area contributed by atoms with Crippen LogP contribution in [0.4, 0.5) is 4.39 Å². The summed E-state index contributed by atoms with van der Waals surface area (Å²) in [4.78, 5) is 11.6. The van der Waals surface area contributed by atoms with Crippen molar-refractivity contribution in [1.82, 2.24) is 25.9 Å². The molecule has 0 unspecified atom stereocenters. The number of hydrogen-bond donors (Lipinski definition) is 2. The molecule has 2 N–H and O–H groups in total. The van der Waals surface area contributed by atoms with Gasteiger partial charge in [-0.1, -0.05) is 16.8 Å². The molecule has 1 amide bonds. The van der Waals surface area contributed by atoms with Crippen molar-refractivity contribution in [2.75, 3.05) is 0 Å². The van der Waals surface area contributed by atoms with Gasteiger partial charge in [0.25, 0.3) is 5.91 Å². The van der Waals surface area contributed by atoms with Gasteiger partial charge in [0.05, 0.1) is 12.1 Å². The zero-order valence-corrected chi connectivity index (χ0v) is 9.20. The second kappa shape index (κ2) is 4.88. The summed E-state index contributed by atoms with van der Waals surface area (Å²) in [5.74, 6) is -0.931. The summed E-state index contributed by atoms with van der Waals surface area (Å²) in [6, 6.07) is 3.82. The molecule has 0 radical (unpaired) electrons. The number of aromatic nitrogens is 4. The van der Waals surface area contributed by atoms with E-state index in [9.17, 15) is 9.18 Å². The number of amides is 1. The van der Waals surface area contributed by atoms with Gasteiger partial charge in [0.1, 0.15) is 5.82 Å². The van der Waals surface area contributed by atoms with E-state index >= 15 is 0 Å². The van der Waals surface area contributed by atoms with E-state index in [-0.39, 0.29) is 17.1 Å². The fourth-order valence-electron chi connectivity index (χ4n) is 1.19. The SMILES string of the molecule is O=C(NCc1nn[nH]n1)c1ccc(Cl)cc1F. The summed E-state index contributed by atoms with van der Waals surface area (Å²) < 4.78 is 13.4. The first-order valence-corrected chi connectivity index (χ1v) is 5.00. The highest BCUT2D eigenvalue weighted by Gasteiger charge is 2.12. The number of tetrazole rings is 1. The zero-order valence-electron chi connectivity index (χ0n) is 8.44. The van der Waals surface area contributed by atoms with E-state index in [1.54, 1.807) is 0 Å². The number of halogens is 2. The first kappa shape index (κ1) is 11.5. The van der Waals surface area contributed by atoms with Crippen molar-refractivity contribution in [3.8, 4) is 0 Å².